The van der Waals surface area contributed by atoms with E-state index in [2.05, 4.69) is 22.1 Å². The number of allylic oxidation sites excluding steroid dienone is 3. The number of nitrogens with zero attached hydrogens (tertiary/aromatic N) is 4. The van der Waals surface area contributed by atoms with Crippen LogP contribution in [0.15, 0.2) is 30.3 Å². The third kappa shape index (κ3) is 4.24. The molecule has 0 amide bonds. The average Bonchev–Trinajstić information content (AvgIpc) is 2.54. The summed E-state index contributed by atoms with van der Waals surface area (Å²) in [4.78, 5) is 4.16. The monoisotopic (exact) mass is 387 g/mol. The van der Waals surface area contributed by atoms with Crippen LogP contribution in [0.4, 0.5) is 13.2 Å². The molecular weight excluding hydrogens is 359 g/mol. The van der Waals surface area contributed by atoms with E-state index in [4.69, 9.17) is 4.74 Å². The number of H-pyrrole nitrogens is 1. The van der Waals surface area contributed by atoms with E-state index >= 15 is 0 Å². The molecule has 1 aliphatic heterocycles. The molecule has 1 aliphatic carbocycles. The van der Waals surface area contributed by atoms with Gasteiger partial charge in [-0.05, 0) is 38.8 Å². The van der Waals surface area contributed by atoms with Crippen LogP contribution >= 0.6 is 0 Å². The Labute approximate surface area is 157 Å². The standard InChI is InChI=1S/C18H28F3N5O/c1-4-8-24-10-16(26-11-22-23-26)17(2,3)25(13-27-12-24)15-7-5-6-14(9-15)18(19,20)21/h5,7,9,11,14,16,23H,4,6,8,10,12-13H2,1-3H3. The van der Waals surface area contributed by atoms with Gasteiger partial charge in [0.15, 0.2) is 0 Å². The first kappa shape index (κ1) is 20.0. The lowest BCUT2D eigenvalue weighted by Gasteiger charge is -2.49. The quantitative estimate of drug-likeness (QED) is 0.859. The molecule has 2 unspecified atom stereocenters. The number of hydrogen-bond acceptors (Lipinski definition) is 4. The SMILES string of the molecule is CCCN1COCN(C2=CC(C(F)(F)F)CC=C2)C(C)(C)C(n2cn[nH]2)C1. The van der Waals surface area contributed by atoms with Gasteiger partial charge in [-0.1, -0.05) is 13.0 Å². The molecular formula is C18H28F3N5O. The van der Waals surface area contributed by atoms with Gasteiger partial charge in [0, 0.05) is 18.8 Å². The van der Waals surface area contributed by atoms with E-state index in [1.54, 1.807) is 18.5 Å². The first-order valence-corrected chi connectivity index (χ1v) is 9.33. The van der Waals surface area contributed by atoms with E-state index in [0.717, 1.165) is 19.5 Å². The molecule has 1 aromatic heterocycles. The predicted molar refractivity (Wildman–Crippen MR) is 95.6 cm³/mol. The van der Waals surface area contributed by atoms with E-state index in [1.807, 2.05) is 23.4 Å². The Balaban J connectivity index is 1.91. The maximum absolute atomic E-state index is 13.3. The fourth-order valence-electron chi connectivity index (χ4n) is 3.78. The van der Waals surface area contributed by atoms with Gasteiger partial charge in [0.2, 0.25) is 0 Å². The Hall–Kier alpha value is -1.74. The van der Waals surface area contributed by atoms with Crippen LogP contribution < -0.4 is 0 Å². The summed E-state index contributed by atoms with van der Waals surface area (Å²) in [7, 11) is 0. The van der Waals surface area contributed by atoms with Crippen molar-refractivity contribution in [2.45, 2.75) is 51.4 Å². The second-order valence-corrected chi connectivity index (χ2v) is 7.77. The minimum Gasteiger partial charge on any atom is -0.346 e. The number of halogens is 3. The fourth-order valence-corrected chi connectivity index (χ4v) is 3.78. The number of ether oxygens (including phenoxy) is 1. The van der Waals surface area contributed by atoms with Crippen molar-refractivity contribution >= 4 is 0 Å². The van der Waals surface area contributed by atoms with Gasteiger partial charge in [0.25, 0.3) is 0 Å². The topological polar surface area (TPSA) is 49.3 Å². The summed E-state index contributed by atoms with van der Waals surface area (Å²) in [5.74, 6) is -1.46. The van der Waals surface area contributed by atoms with Crippen LogP contribution in [0, 0.1) is 5.92 Å². The fraction of sp³-hybridized carbons (Fsp3) is 0.722. The van der Waals surface area contributed by atoms with E-state index in [1.165, 1.54) is 6.08 Å². The average molecular weight is 387 g/mol. The first-order chi connectivity index (χ1) is 12.7. The lowest BCUT2D eigenvalue weighted by atomic mass is 9.89. The van der Waals surface area contributed by atoms with E-state index in [-0.39, 0.29) is 19.2 Å². The lowest BCUT2D eigenvalue weighted by Crippen LogP contribution is -2.57. The normalized spacial score (nSPS) is 27.3. The van der Waals surface area contributed by atoms with Crippen molar-refractivity contribution in [3.8, 4) is 0 Å². The highest BCUT2D eigenvalue weighted by Crippen LogP contribution is 2.38. The Morgan fingerprint density at radius 3 is 2.67 bits per heavy atom. The zero-order valence-electron chi connectivity index (χ0n) is 16.0. The zero-order chi connectivity index (χ0) is 19.7. The Kier molecular flexibility index (Phi) is 5.71. The summed E-state index contributed by atoms with van der Waals surface area (Å²) in [6.45, 7) is 8.49. The molecule has 9 heteroatoms. The molecule has 0 saturated carbocycles. The van der Waals surface area contributed by atoms with Gasteiger partial charge in [-0.3, -0.25) is 9.58 Å². The number of aromatic nitrogens is 3. The summed E-state index contributed by atoms with van der Waals surface area (Å²) in [6, 6.07) is -0.00832. The summed E-state index contributed by atoms with van der Waals surface area (Å²) >= 11 is 0. The number of rotatable bonds is 4. The van der Waals surface area contributed by atoms with Crippen LogP contribution in [-0.4, -0.2) is 63.1 Å². The van der Waals surface area contributed by atoms with Gasteiger partial charge in [0.1, 0.15) is 19.8 Å². The van der Waals surface area contributed by atoms with Crippen LogP contribution in [0.25, 0.3) is 0 Å². The summed E-state index contributed by atoms with van der Waals surface area (Å²) in [5, 5.41) is 6.88. The molecule has 0 aromatic carbocycles. The highest BCUT2D eigenvalue weighted by Gasteiger charge is 2.43. The Bertz CT molecular complexity index is 667. The van der Waals surface area contributed by atoms with E-state index in [0.29, 0.717) is 12.4 Å². The largest absolute Gasteiger partial charge is 0.395 e. The highest BCUT2D eigenvalue weighted by atomic mass is 19.4. The minimum absolute atomic E-state index is 0.00832. The smallest absolute Gasteiger partial charge is 0.346 e. The number of aromatic amines is 1. The van der Waals surface area contributed by atoms with Crippen molar-refractivity contribution in [2.24, 2.45) is 5.92 Å². The molecule has 152 valence electrons. The van der Waals surface area contributed by atoms with E-state index in [9.17, 15) is 13.2 Å². The van der Waals surface area contributed by atoms with Crippen LogP contribution in [0.5, 0.6) is 0 Å². The molecule has 1 aromatic rings. The predicted octanol–water partition coefficient (Wildman–Crippen LogP) is 3.51. The molecule has 2 aliphatic rings. The molecule has 1 N–H and O–H groups in total. The third-order valence-electron chi connectivity index (χ3n) is 5.45. The molecule has 0 bridgehead atoms. The number of hydrogen-bond donors (Lipinski definition) is 1. The first-order valence-electron chi connectivity index (χ1n) is 9.33. The van der Waals surface area contributed by atoms with Crippen molar-refractivity contribution in [2.75, 3.05) is 26.6 Å². The van der Waals surface area contributed by atoms with Crippen molar-refractivity contribution in [3.05, 3.63) is 30.3 Å². The highest BCUT2D eigenvalue weighted by molar-refractivity contribution is 5.26. The van der Waals surface area contributed by atoms with Crippen molar-refractivity contribution in [3.63, 3.8) is 0 Å². The van der Waals surface area contributed by atoms with Crippen LogP contribution in [0.2, 0.25) is 0 Å². The molecule has 2 heterocycles. The molecule has 0 spiro atoms. The molecule has 0 radical (unpaired) electrons. The third-order valence-corrected chi connectivity index (χ3v) is 5.45. The summed E-state index contributed by atoms with van der Waals surface area (Å²) in [6.07, 6.45) is 3.16. The molecule has 1 saturated heterocycles. The Morgan fingerprint density at radius 2 is 2.07 bits per heavy atom. The molecule has 1 fully saturated rings. The van der Waals surface area contributed by atoms with Crippen LogP contribution in [0.1, 0.15) is 39.7 Å². The van der Waals surface area contributed by atoms with Gasteiger partial charge in [0.05, 0.1) is 17.5 Å². The van der Waals surface area contributed by atoms with Gasteiger partial charge in [-0.25, -0.2) is 5.21 Å². The molecule has 27 heavy (non-hydrogen) atoms. The lowest BCUT2D eigenvalue weighted by molar-refractivity contribution is -0.161. The van der Waals surface area contributed by atoms with Crippen molar-refractivity contribution in [1.82, 2.24) is 24.8 Å². The minimum atomic E-state index is -4.24. The van der Waals surface area contributed by atoms with Crippen molar-refractivity contribution in [1.29, 1.82) is 0 Å². The van der Waals surface area contributed by atoms with Crippen molar-refractivity contribution < 1.29 is 17.9 Å². The van der Waals surface area contributed by atoms with Gasteiger partial charge in [-0.15, -0.1) is 5.10 Å². The van der Waals surface area contributed by atoms with Crippen LogP contribution in [0.3, 0.4) is 0 Å². The Morgan fingerprint density at radius 1 is 1.33 bits per heavy atom. The van der Waals surface area contributed by atoms with Gasteiger partial charge < -0.3 is 9.64 Å². The summed E-state index contributed by atoms with van der Waals surface area (Å²) in [5.41, 5.74) is 0.0650. The maximum atomic E-state index is 13.3. The second kappa shape index (κ2) is 7.71. The summed E-state index contributed by atoms with van der Waals surface area (Å²) < 4.78 is 47.6. The molecule has 6 nitrogen and oxygen atoms in total. The van der Waals surface area contributed by atoms with Gasteiger partial charge in [-0.2, -0.15) is 13.2 Å². The molecule has 2 atom stereocenters. The van der Waals surface area contributed by atoms with E-state index < -0.39 is 17.6 Å². The number of nitrogens with one attached hydrogen (secondary N) is 1. The number of alkyl halides is 3. The maximum Gasteiger partial charge on any atom is 0.395 e. The zero-order valence-corrected chi connectivity index (χ0v) is 16.0. The van der Waals surface area contributed by atoms with Crippen LogP contribution in [-0.2, 0) is 4.74 Å². The second-order valence-electron chi connectivity index (χ2n) is 7.77. The van der Waals surface area contributed by atoms with Gasteiger partial charge >= 0.3 is 6.18 Å². The molecule has 3 rings (SSSR count).